The highest BCUT2D eigenvalue weighted by molar-refractivity contribution is 5.79. The molecule has 0 aromatic carbocycles. The van der Waals surface area contributed by atoms with Crippen molar-refractivity contribution in [1.82, 2.24) is 5.32 Å². The average Bonchev–Trinajstić information content (AvgIpc) is 1.99. The number of hydrogen-bond acceptors (Lipinski definition) is 3. The van der Waals surface area contributed by atoms with E-state index in [0.29, 0.717) is 6.42 Å². The maximum atomic E-state index is 11.2. The second-order valence-electron chi connectivity index (χ2n) is 4.12. The molecule has 0 aliphatic rings. The standard InChI is InChI=1S/C10H19NO4/c1-6(2)5-8(9(12)13)11-10(14)15-7(3)4/h6-8H,5H2,1-4H3,(H,11,14)(H,12,13)/t8-/m0/s1. The highest BCUT2D eigenvalue weighted by Gasteiger charge is 2.21. The van der Waals surface area contributed by atoms with Crippen LogP contribution in [0.15, 0.2) is 0 Å². The third-order valence-corrected chi connectivity index (χ3v) is 1.64. The van der Waals surface area contributed by atoms with Gasteiger partial charge in [-0.05, 0) is 26.2 Å². The molecule has 0 saturated heterocycles. The first-order valence-corrected chi connectivity index (χ1v) is 5.02. The van der Waals surface area contributed by atoms with E-state index in [9.17, 15) is 9.59 Å². The molecule has 15 heavy (non-hydrogen) atoms. The summed E-state index contributed by atoms with van der Waals surface area (Å²) in [6.07, 6.45) is -0.542. The van der Waals surface area contributed by atoms with E-state index >= 15 is 0 Å². The predicted molar refractivity (Wildman–Crippen MR) is 55.6 cm³/mol. The number of carbonyl (C=O) groups is 2. The number of amides is 1. The van der Waals surface area contributed by atoms with Crippen LogP contribution in [0.25, 0.3) is 0 Å². The van der Waals surface area contributed by atoms with Crippen LogP contribution < -0.4 is 5.32 Å². The van der Waals surface area contributed by atoms with Crippen molar-refractivity contribution in [1.29, 1.82) is 0 Å². The van der Waals surface area contributed by atoms with E-state index < -0.39 is 18.1 Å². The summed E-state index contributed by atoms with van der Waals surface area (Å²) in [5, 5.41) is 11.2. The van der Waals surface area contributed by atoms with Crippen LogP contribution in [0, 0.1) is 5.92 Å². The number of hydrogen-bond donors (Lipinski definition) is 2. The van der Waals surface area contributed by atoms with Gasteiger partial charge < -0.3 is 15.2 Å². The summed E-state index contributed by atoms with van der Waals surface area (Å²) in [6.45, 7) is 7.20. The third-order valence-electron chi connectivity index (χ3n) is 1.64. The van der Waals surface area contributed by atoms with E-state index in [0.717, 1.165) is 0 Å². The summed E-state index contributed by atoms with van der Waals surface area (Å²) in [5.74, 6) is -0.838. The second-order valence-corrected chi connectivity index (χ2v) is 4.12. The molecule has 0 aliphatic heterocycles. The molecule has 0 rings (SSSR count). The van der Waals surface area contributed by atoms with Gasteiger partial charge in [-0.3, -0.25) is 0 Å². The number of carbonyl (C=O) groups excluding carboxylic acids is 1. The Morgan fingerprint density at radius 3 is 2.13 bits per heavy atom. The fraction of sp³-hybridized carbons (Fsp3) is 0.800. The highest BCUT2D eigenvalue weighted by Crippen LogP contribution is 2.05. The quantitative estimate of drug-likeness (QED) is 0.733. The topological polar surface area (TPSA) is 75.6 Å². The SMILES string of the molecule is CC(C)C[C@H](NC(=O)OC(C)C)C(=O)O. The van der Waals surface area contributed by atoms with Gasteiger partial charge in [0.05, 0.1) is 6.10 Å². The summed E-state index contributed by atoms with van der Waals surface area (Å²) in [7, 11) is 0. The number of nitrogens with one attached hydrogen (secondary N) is 1. The molecule has 88 valence electrons. The number of carboxylic acids is 1. The summed E-state index contributed by atoms with van der Waals surface area (Å²) in [6, 6.07) is -0.878. The minimum atomic E-state index is -1.04. The summed E-state index contributed by atoms with van der Waals surface area (Å²) < 4.78 is 4.80. The van der Waals surface area contributed by atoms with E-state index in [1.165, 1.54) is 0 Å². The first-order valence-electron chi connectivity index (χ1n) is 5.02. The van der Waals surface area contributed by atoms with Crippen molar-refractivity contribution in [2.24, 2.45) is 5.92 Å². The van der Waals surface area contributed by atoms with Gasteiger partial charge in [-0.25, -0.2) is 9.59 Å². The molecule has 5 nitrogen and oxygen atoms in total. The van der Waals surface area contributed by atoms with Crippen molar-refractivity contribution >= 4 is 12.1 Å². The van der Waals surface area contributed by atoms with Crippen LogP contribution in [0.3, 0.4) is 0 Å². The highest BCUT2D eigenvalue weighted by atomic mass is 16.6. The van der Waals surface area contributed by atoms with Crippen molar-refractivity contribution in [2.75, 3.05) is 0 Å². The summed E-state index contributed by atoms with van der Waals surface area (Å²) >= 11 is 0. The second kappa shape index (κ2) is 6.27. The van der Waals surface area contributed by atoms with Gasteiger partial charge in [0.25, 0.3) is 0 Å². The zero-order valence-electron chi connectivity index (χ0n) is 9.61. The number of alkyl carbamates (subject to hydrolysis) is 1. The van der Waals surface area contributed by atoms with Crippen molar-refractivity contribution in [3.05, 3.63) is 0 Å². The minimum Gasteiger partial charge on any atom is -0.480 e. The maximum absolute atomic E-state index is 11.2. The van der Waals surface area contributed by atoms with Crippen molar-refractivity contribution < 1.29 is 19.4 Å². The monoisotopic (exact) mass is 217 g/mol. The van der Waals surface area contributed by atoms with Gasteiger partial charge in [0.15, 0.2) is 0 Å². The molecule has 0 aliphatic carbocycles. The summed E-state index contributed by atoms with van der Waals surface area (Å²) in [5.41, 5.74) is 0. The Morgan fingerprint density at radius 2 is 1.80 bits per heavy atom. The van der Waals surface area contributed by atoms with Crippen LogP contribution in [0.5, 0.6) is 0 Å². The minimum absolute atomic E-state index is 0.199. The Kier molecular flexibility index (Phi) is 5.74. The van der Waals surface area contributed by atoms with Gasteiger partial charge in [-0.2, -0.15) is 0 Å². The first kappa shape index (κ1) is 13.7. The Morgan fingerprint density at radius 1 is 1.27 bits per heavy atom. The van der Waals surface area contributed by atoms with Gasteiger partial charge >= 0.3 is 12.1 Å². The lowest BCUT2D eigenvalue weighted by Crippen LogP contribution is -2.42. The van der Waals surface area contributed by atoms with E-state index in [-0.39, 0.29) is 12.0 Å². The maximum Gasteiger partial charge on any atom is 0.408 e. The fourth-order valence-corrected chi connectivity index (χ4v) is 1.08. The Labute approximate surface area is 89.8 Å². The number of carboxylic acid groups (broad SMARTS) is 1. The molecule has 0 bridgehead atoms. The van der Waals surface area contributed by atoms with Gasteiger partial charge in [0.1, 0.15) is 6.04 Å². The first-order chi connectivity index (χ1) is 6.82. The third kappa shape index (κ3) is 6.76. The summed E-state index contributed by atoms with van der Waals surface area (Å²) in [4.78, 5) is 21.9. The Hall–Kier alpha value is -1.26. The molecule has 0 aromatic rings. The van der Waals surface area contributed by atoms with Crippen LogP contribution in [-0.4, -0.2) is 29.3 Å². The molecule has 0 fully saturated rings. The molecule has 5 heteroatoms. The molecular weight excluding hydrogens is 198 g/mol. The van der Waals surface area contributed by atoms with Crippen LogP contribution in [0.4, 0.5) is 4.79 Å². The number of aliphatic carboxylic acids is 1. The van der Waals surface area contributed by atoms with Gasteiger partial charge in [0, 0.05) is 0 Å². The van der Waals surface area contributed by atoms with Crippen LogP contribution in [0.2, 0.25) is 0 Å². The van der Waals surface area contributed by atoms with Gasteiger partial charge in [-0.1, -0.05) is 13.8 Å². The molecular formula is C10H19NO4. The molecule has 2 N–H and O–H groups in total. The van der Waals surface area contributed by atoms with E-state index in [4.69, 9.17) is 9.84 Å². The number of ether oxygens (including phenoxy) is 1. The molecule has 0 heterocycles. The van der Waals surface area contributed by atoms with Crippen molar-refractivity contribution in [2.45, 2.75) is 46.3 Å². The smallest absolute Gasteiger partial charge is 0.408 e. The van der Waals surface area contributed by atoms with Crippen LogP contribution in [0.1, 0.15) is 34.1 Å². The zero-order valence-corrected chi connectivity index (χ0v) is 9.61. The van der Waals surface area contributed by atoms with E-state index in [1.54, 1.807) is 13.8 Å². The molecule has 0 saturated carbocycles. The van der Waals surface area contributed by atoms with Crippen LogP contribution in [-0.2, 0) is 9.53 Å². The van der Waals surface area contributed by atoms with Crippen molar-refractivity contribution in [3.8, 4) is 0 Å². The predicted octanol–water partition coefficient (Wildman–Crippen LogP) is 1.62. The zero-order chi connectivity index (χ0) is 12.0. The van der Waals surface area contributed by atoms with E-state index in [1.807, 2.05) is 13.8 Å². The van der Waals surface area contributed by atoms with Crippen LogP contribution >= 0.6 is 0 Å². The molecule has 0 unspecified atom stereocenters. The molecule has 0 radical (unpaired) electrons. The molecule has 0 aromatic heterocycles. The van der Waals surface area contributed by atoms with Gasteiger partial charge in [-0.15, -0.1) is 0 Å². The van der Waals surface area contributed by atoms with E-state index in [2.05, 4.69) is 5.32 Å². The number of rotatable bonds is 5. The molecule has 1 atom stereocenters. The fourth-order valence-electron chi connectivity index (χ4n) is 1.08. The molecule has 0 spiro atoms. The van der Waals surface area contributed by atoms with Gasteiger partial charge in [0.2, 0.25) is 0 Å². The average molecular weight is 217 g/mol. The normalized spacial score (nSPS) is 12.7. The van der Waals surface area contributed by atoms with Crippen molar-refractivity contribution in [3.63, 3.8) is 0 Å². The lowest BCUT2D eigenvalue weighted by atomic mass is 10.0. The largest absolute Gasteiger partial charge is 0.480 e. The lowest BCUT2D eigenvalue weighted by Gasteiger charge is -2.17. The Balaban J connectivity index is 4.16. The lowest BCUT2D eigenvalue weighted by molar-refractivity contribution is -0.139. The molecule has 1 amide bonds. The Bertz CT molecular complexity index is 225.